The minimum atomic E-state index is -0.235. The quantitative estimate of drug-likeness (QED) is 0.768. The molecule has 0 atom stereocenters. The van der Waals surface area contributed by atoms with E-state index in [1.165, 1.54) is 12.8 Å². The number of rotatable bonds is 5. The number of anilines is 1. The zero-order valence-corrected chi connectivity index (χ0v) is 16.1. The van der Waals surface area contributed by atoms with Crippen LogP contribution in [0.15, 0.2) is 24.3 Å². The molecule has 0 bridgehead atoms. The van der Waals surface area contributed by atoms with Crippen molar-refractivity contribution in [3.8, 4) is 0 Å². The molecule has 1 aromatic rings. The van der Waals surface area contributed by atoms with Gasteiger partial charge in [-0.2, -0.15) is 0 Å². The van der Waals surface area contributed by atoms with Crippen molar-refractivity contribution in [1.82, 2.24) is 15.1 Å². The molecule has 7 heteroatoms. The third kappa shape index (κ3) is 5.68. The average molecular weight is 374 g/mol. The van der Waals surface area contributed by atoms with Gasteiger partial charge >= 0.3 is 12.0 Å². The first-order valence-corrected chi connectivity index (χ1v) is 9.91. The molecular formula is C20H30N4O3. The van der Waals surface area contributed by atoms with Crippen molar-refractivity contribution < 1.29 is 14.3 Å². The lowest BCUT2D eigenvalue weighted by atomic mass is 10.0. The zero-order chi connectivity index (χ0) is 19.1. The van der Waals surface area contributed by atoms with Crippen molar-refractivity contribution in [1.29, 1.82) is 0 Å². The van der Waals surface area contributed by atoms with Crippen molar-refractivity contribution in [2.75, 3.05) is 51.2 Å². The lowest BCUT2D eigenvalue weighted by Gasteiger charge is -2.40. The van der Waals surface area contributed by atoms with Gasteiger partial charge in [0.25, 0.3) is 0 Å². The number of nitrogens with zero attached hydrogens (tertiary/aromatic N) is 2. The fourth-order valence-corrected chi connectivity index (χ4v) is 3.75. The largest absolute Gasteiger partial charge is 0.466 e. The van der Waals surface area contributed by atoms with Gasteiger partial charge < -0.3 is 20.3 Å². The van der Waals surface area contributed by atoms with E-state index in [2.05, 4.69) is 15.5 Å². The number of piperidine rings is 1. The Morgan fingerprint density at radius 2 is 1.78 bits per heavy atom. The highest BCUT2D eigenvalue weighted by Crippen LogP contribution is 2.16. The van der Waals surface area contributed by atoms with Gasteiger partial charge in [0.05, 0.1) is 13.0 Å². The van der Waals surface area contributed by atoms with Crippen LogP contribution in [0.4, 0.5) is 10.5 Å². The summed E-state index contributed by atoms with van der Waals surface area (Å²) in [5.41, 5.74) is 1.62. The van der Waals surface area contributed by atoms with Gasteiger partial charge in [0, 0.05) is 37.9 Å². The van der Waals surface area contributed by atoms with Crippen LogP contribution in [0.25, 0.3) is 0 Å². The zero-order valence-electron chi connectivity index (χ0n) is 16.1. The van der Waals surface area contributed by atoms with Crippen LogP contribution >= 0.6 is 0 Å². The number of amides is 2. The van der Waals surface area contributed by atoms with Crippen LogP contribution in [0.5, 0.6) is 0 Å². The first-order chi connectivity index (χ1) is 13.2. The number of hydrogen-bond acceptors (Lipinski definition) is 5. The smallest absolute Gasteiger partial charge is 0.321 e. The summed E-state index contributed by atoms with van der Waals surface area (Å²) in [6.45, 7) is 7.77. The average Bonchev–Trinajstić information content (AvgIpc) is 2.70. The van der Waals surface area contributed by atoms with E-state index in [0.717, 1.165) is 50.5 Å². The van der Waals surface area contributed by atoms with E-state index in [9.17, 15) is 9.59 Å². The van der Waals surface area contributed by atoms with Crippen LogP contribution < -0.4 is 10.6 Å². The summed E-state index contributed by atoms with van der Waals surface area (Å²) in [4.78, 5) is 28.4. The van der Waals surface area contributed by atoms with E-state index >= 15 is 0 Å². The SMILES string of the molecule is CCOC(=O)Cc1ccc(NC(=O)N2CCN(C3CCNCC3)CC2)cc1. The molecule has 0 saturated carbocycles. The van der Waals surface area contributed by atoms with Crippen molar-refractivity contribution in [2.45, 2.75) is 32.2 Å². The van der Waals surface area contributed by atoms with Crippen LogP contribution in [-0.4, -0.2) is 73.7 Å². The van der Waals surface area contributed by atoms with Crippen LogP contribution in [0.2, 0.25) is 0 Å². The van der Waals surface area contributed by atoms with E-state index in [-0.39, 0.29) is 18.4 Å². The highest BCUT2D eigenvalue weighted by atomic mass is 16.5. The van der Waals surface area contributed by atoms with Gasteiger partial charge in [0.2, 0.25) is 0 Å². The molecule has 7 nitrogen and oxygen atoms in total. The normalized spacial score (nSPS) is 18.9. The van der Waals surface area contributed by atoms with E-state index in [1.807, 2.05) is 29.2 Å². The molecule has 0 radical (unpaired) electrons. The number of esters is 1. The highest BCUT2D eigenvalue weighted by Gasteiger charge is 2.26. The second kappa shape index (κ2) is 9.71. The number of urea groups is 1. The Balaban J connectivity index is 1.44. The van der Waals surface area contributed by atoms with Gasteiger partial charge in [0.1, 0.15) is 0 Å². The van der Waals surface area contributed by atoms with E-state index in [4.69, 9.17) is 4.74 Å². The first-order valence-electron chi connectivity index (χ1n) is 9.91. The van der Waals surface area contributed by atoms with Gasteiger partial charge in [0.15, 0.2) is 0 Å². The summed E-state index contributed by atoms with van der Waals surface area (Å²) in [6.07, 6.45) is 2.65. The van der Waals surface area contributed by atoms with E-state index < -0.39 is 0 Å². The lowest BCUT2D eigenvalue weighted by molar-refractivity contribution is -0.142. The summed E-state index contributed by atoms with van der Waals surface area (Å²) < 4.78 is 4.95. The Morgan fingerprint density at radius 3 is 2.41 bits per heavy atom. The van der Waals surface area contributed by atoms with Gasteiger partial charge in [-0.15, -0.1) is 0 Å². The predicted octanol–water partition coefficient (Wildman–Crippen LogP) is 1.69. The predicted molar refractivity (Wildman–Crippen MR) is 105 cm³/mol. The maximum atomic E-state index is 12.5. The van der Waals surface area contributed by atoms with Gasteiger partial charge in [-0.1, -0.05) is 12.1 Å². The van der Waals surface area contributed by atoms with Crippen LogP contribution in [0, 0.1) is 0 Å². The second-order valence-electron chi connectivity index (χ2n) is 7.11. The number of piperazine rings is 1. The Kier molecular flexibility index (Phi) is 7.06. The van der Waals surface area contributed by atoms with Crippen molar-refractivity contribution in [3.05, 3.63) is 29.8 Å². The number of carbonyl (C=O) groups is 2. The molecule has 2 fully saturated rings. The Labute approximate surface area is 161 Å². The molecule has 0 aromatic heterocycles. The Morgan fingerprint density at radius 1 is 1.11 bits per heavy atom. The molecule has 2 N–H and O–H groups in total. The molecule has 0 unspecified atom stereocenters. The monoisotopic (exact) mass is 374 g/mol. The van der Waals surface area contributed by atoms with Crippen LogP contribution in [0.1, 0.15) is 25.3 Å². The molecule has 0 spiro atoms. The minimum Gasteiger partial charge on any atom is -0.466 e. The highest BCUT2D eigenvalue weighted by molar-refractivity contribution is 5.89. The maximum Gasteiger partial charge on any atom is 0.321 e. The van der Waals surface area contributed by atoms with E-state index in [1.54, 1.807) is 6.92 Å². The topological polar surface area (TPSA) is 73.9 Å². The molecule has 2 aliphatic rings. The van der Waals surface area contributed by atoms with Crippen LogP contribution in [0.3, 0.4) is 0 Å². The van der Waals surface area contributed by atoms with Crippen molar-refractivity contribution in [3.63, 3.8) is 0 Å². The Bertz CT molecular complexity index is 621. The number of hydrogen-bond donors (Lipinski definition) is 2. The third-order valence-electron chi connectivity index (χ3n) is 5.29. The molecule has 2 amide bonds. The minimum absolute atomic E-state index is 0.0573. The summed E-state index contributed by atoms with van der Waals surface area (Å²) in [6, 6.07) is 7.96. The molecule has 1 aromatic carbocycles. The van der Waals surface area contributed by atoms with Crippen LogP contribution in [-0.2, 0) is 16.0 Å². The molecule has 27 heavy (non-hydrogen) atoms. The van der Waals surface area contributed by atoms with Gasteiger partial charge in [-0.05, 0) is 50.6 Å². The molecule has 3 rings (SSSR count). The summed E-state index contributed by atoms with van der Waals surface area (Å²) in [5.74, 6) is -0.235. The standard InChI is InChI=1S/C20H30N4O3/c1-2-27-19(25)15-16-3-5-17(6-4-16)22-20(26)24-13-11-23(12-14-24)18-7-9-21-10-8-18/h3-6,18,21H,2,7-15H2,1H3,(H,22,26). The van der Waals surface area contributed by atoms with Gasteiger partial charge in [-0.25, -0.2) is 4.79 Å². The van der Waals surface area contributed by atoms with E-state index in [0.29, 0.717) is 12.6 Å². The number of ether oxygens (including phenoxy) is 1. The first kappa shape index (κ1) is 19.6. The molecular weight excluding hydrogens is 344 g/mol. The number of nitrogens with one attached hydrogen (secondary N) is 2. The number of benzene rings is 1. The lowest BCUT2D eigenvalue weighted by Crippen LogP contribution is -2.54. The van der Waals surface area contributed by atoms with Gasteiger partial charge in [-0.3, -0.25) is 9.69 Å². The summed E-state index contributed by atoms with van der Waals surface area (Å²) in [7, 11) is 0. The second-order valence-corrected chi connectivity index (χ2v) is 7.11. The van der Waals surface area contributed by atoms with Crippen molar-refractivity contribution in [2.24, 2.45) is 0 Å². The maximum absolute atomic E-state index is 12.5. The molecule has 2 aliphatic heterocycles. The fourth-order valence-electron chi connectivity index (χ4n) is 3.75. The molecule has 148 valence electrons. The fraction of sp³-hybridized carbons (Fsp3) is 0.600. The van der Waals surface area contributed by atoms with Crippen molar-refractivity contribution >= 4 is 17.7 Å². The summed E-state index contributed by atoms with van der Waals surface area (Å²) in [5, 5.41) is 6.36. The molecule has 2 saturated heterocycles. The summed E-state index contributed by atoms with van der Waals surface area (Å²) >= 11 is 0. The third-order valence-corrected chi connectivity index (χ3v) is 5.29. The molecule has 2 heterocycles. The molecule has 0 aliphatic carbocycles. The Hall–Kier alpha value is -2.12. The number of carbonyl (C=O) groups excluding carboxylic acids is 2.